The maximum absolute atomic E-state index is 12.8. The summed E-state index contributed by atoms with van der Waals surface area (Å²) in [6, 6.07) is 6.69. The number of benzene rings is 1. The van der Waals surface area contributed by atoms with Gasteiger partial charge in [-0.15, -0.1) is 0 Å². The van der Waals surface area contributed by atoms with Crippen molar-refractivity contribution in [1.29, 1.82) is 0 Å². The van der Waals surface area contributed by atoms with Gasteiger partial charge in [0.15, 0.2) is 11.5 Å². The minimum Gasteiger partial charge on any atom is -0.506 e. The van der Waals surface area contributed by atoms with Crippen molar-refractivity contribution < 1.29 is 24.2 Å². The highest BCUT2D eigenvalue weighted by Crippen LogP contribution is 2.40. The Hall–Kier alpha value is -2.73. The van der Waals surface area contributed by atoms with E-state index in [1.807, 2.05) is 6.92 Å². The zero-order valence-corrected chi connectivity index (χ0v) is 14.9. The first kappa shape index (κ1) is 18.1. The summed E-state index contributed by atoms with van der Waals surface area (Å²) >= 11 is 6.01. The average Bonchev–Trinajstić information content (AvgIpc) is 3.24. The van der Waals surface area contributed by atoms with E-state index in [0.29, 0.717) is 18.5 Å². The molecule has 0 aliphatic carbocycles. The molecule has 7 heteroatoms. The molecule has 136 valence electrons. The summed E-state index contributed by atoms with van der Waals surface area (Å²) in [5.41, 5.74) is 0.471. The van der Waals surface area contributed by atoms with E-state index in [1.54, 1.807) is 12.1 Å². The summed E-state index contributed by atoms with van der Waals surface area (Å²) in [7, 11) is 0. The molecule has 26 heavy (non-hydrogen) atoms. The van der Waals surface area contributed by atoms with Crippen LogP contribution in [0.3, 0.4) is 0 Å². The molecule has 1 aliphatic heterocycles. The Morgan fingerprint density at radius 1 is 1.31 bits per heavy atom. The second-order valence-electron chi connectivity index (χ2n) is 6.03. The number of ketones is 1. The molecule has 6 nitrogen and oxygen atoms in total. The number of aliphatic hydroxyl groups is 1. The van der Waals surface area contributed by atoms with Gasteiger partial charge in [-0.05, 0) is 36.2 Å². The Morgan fingerprint density at radius 3 is 2.69 bits per heavy atom. The Bertz CT molecular complexity index is 872. The lowest BCUT2D eigenvalue weighted by atomic mass is 9.95. The fourth-order valence-corrected chi connectivity index (χ4v) is 3.21. The summed E-state index contributed by atoms with van der Waals surface area (Å²) < 4.78 is 5.14. The number of phenols is 1. The van der Waals surface area contributed by atoms with Crippen LogP contribution in [-0.2, 0) is 4.79 Å². The quantitative estimate of drug-likeness (QED) is 0.744. The highest BCUT2D eigenvalue weighted by molar-refractivity contribution is 6.32. The van der Waals surface area contributed by atoms with Crippen molar-refractivity contribution in [2.75, 3.05) is 6.54 Å². The number of unbranched alkanes of at least 4 members (excludes halogenated alkanes) is 1. The number of furan rings is 1. The minimum atomic E-state index is -0.801. The highest BCUT2D eigenvalue weighted by atomic mass is 35.5. The van der Waals surface area contributed by atoms with Gasteiger partial charge in [-0.25, -0.2) is 0 Å². The largest absolute Gasteiger partial charge is 0.506 e. The van der Waals surface area contributed by atoms with Crippen molar-refractivity contribution in [1.82, 2.24) is 4.90 Å². The smallest absolute Gasteiger partial charge is 0.290 e. The molecule has 2 aromatic rings. The Balaban J connectivity index is 2.10. The maximum Gasteiger partial charge on any atom is 0.290 e. The molecule has 2 N–H and O–H groups in total. The maximum atomic E-state index is 12.8. The summed E-state index contributed by atoms with van der Waals surface area (Å²) in [5.74, 6) is -1.83. The lowest BCUT2D eigenvalue weighted by molar-refractivity contribution is -0.129. The van der Waals surface area contributed by atoms with Crippen LogP contribution in [0.25, 0.3) is 0 Å². The fraction of sp³-hybridized carbons (Fsp3) is 0.263. The van der Waals surface area contributed by atoms with E-state index in [9.17, 15) is 19.8 Å². The molecule has 1 unspecified atom stereocenters. The monoisotopic (exact) mass is 375 g/mol. The summed E-state index contributed by atoms with van der Waals surface area (Å²) in [4.78, 5) is 26.9. The standard InChI is InChI=1S/C19H18ClNO5/c1-2-3-8-21-16(11-6-7-13(22)12(20)10-11)15(18(24)19(21)25)17(23)14-5-4-9-26-14/h4-7,9-10,16,22,24H,2-3,8H2,1H3. The van der Waals surface area contributed by atoms with Crippen LogP contribution in [-0.4, -0.2) is 33.3 Å². The van der Waals surface area contributed by atoms with E-state index in [4.69, 9.17) is 16.0 Å². The molecule has 0 spiro atoms. The second-order valence-corrected chi connectivity index (χ2v) is 6.44. The van der Waals surface area contributed by atoms with Gasteiger partial charge < -0.3 is 19.5 Å². The fourth-order valence-electron chi connectivity index (χ4n) is 3.02. The van der Waals surface area contributed by atoms with E-state index in [1.165, 1.54) is 29.4 Å². The normalized spacial score (nSPS) is 17.2. The number of phenolic OH excluding ortho intramolecular Hbond substituents is 1. The van der Waals surface area contributed by atoms with Crippen LogP contribution in [0.2, 0.25) is 5.02 Å². The van der Waals surface area contributed by atoms with E-state index < -0.39 is 23.5 Å². The number of halogens is 1. The van der Waals surface area contributed by atoms with Crippen molar-refractivity contribution >= 4 is 23.3 Å². The molecule has 0 bridgehead atoms. The molecule has 0 radical (unpaired) electrons. The van der Waals surface area contributed by atoms with E-state index in [0.717, 1.165) is 6.42 Å². The molecule has 1 amide bonds. The van der Waals surface area contributed by atoms with Crippen molar-refractivity contribution in [3.05, 3.63) is 64.3 Å². The lowest BCUT2D eigenvalue weighted by Gasteiger charge is -2.26. The number of hydrogen-bond donors (Lipinski definition) is 2. The number of aliphatic hydroxyl groups excluding tert-OH is 1. The molecule has 0 saturated heterocycles. The van der Waals surface area contributed by atoms with Gasteiger partial charge in [0.1, 0.15) is 5.75 Å². The van der Waals surface area contributed by atoms with Crippen LogP contribution >= 0.6 is 11.6 Å². The van der Waals surface area contributed by atoms with Crippen LogP contribution in [0.4, 0.5) is 0 Å². The summed E-state index contributed by atoms with van der Waals surface area (Å²) in [5, 5.41) is 20.2. The van der Waals surface area contributed by atoms with Gasteiger partial charge in [0.05, 0.1) is 22.9 Å². The van der Waals surface area contributed by atoms with Crippen molar-refractivity contribution in [2.24, 2.45) is 0 Å². The first-order valence-electron chi connectivity index (χ1n) is 8.26. The molecule has 1 atom stereocenters. The van der Waals surface area contributed by atoms with Gasteiger partial charge in [0.25, 0.3) is 5.91 Å². The Kier molecular flexibility index (Phi) is 5.04. The number of nitrogens with zero attached hydrogens (tertiary/aromatic N) is 1. The Morgan fingerprint density at radius 2 is 2.08 bits per heavy atom. The molecular formula is C19H18ClNO5. The molecular weight excluding hydrogens is 358 g/mol. The second kappa shape index (κ2) is 7.25. The zero-order valence-electron chi connectivity index (χ0n) is 14.1. The predicted molar refractivity (Wildman–Crippen MR) is 95.2 cm³/mol. The SMILES string of the molecule is CCCCN1C(=O)C(O)=C(C(=O)c2ccco2)C1c1ccc(O)c(Cl)c1. The molecule has 0 fully saturated rings. The van der Waals surface area contributed by atoms with Gasteiger partial charge in [-0.1, -0.05) is 31.0 Å². The van der Waals surface area contributed by atoms with E-state index >= 15 is 0 Å². The van der Waals surface area contributed by atoms with Crippen molar-refractivity contribution in [3.8, 4) is 5.75 Å². The number of hydrogen-bond acceptors (Lipinski definition) is 5. The van der Waals surface area contributed by atoms with Gasteiger partial charge in [-0.2, -0.15) is 0 Å². The third-order valence-electron chi connectivity index (χ3n) is 4.33. The van der Waals surface area contributed by atoms with Crippen LogP contribution in [0.5, 0.6) is 5.75 Å². The summed E-state index contributed by atoms with van der Waals surface area (Å²) in [6.45, 7) is 2.35. The molecule has 1 aliphatic rings. The Labute approximate surface area is 155 Å². The predicted octanol–water partition coefficient (Wildman–Crippen LogP) is 4.02. The minimum absolute atomic E-state index is 0.0339. The molecule has 1 aromatic heterocycles. The first-order valence-corrected chi connectivity index (χ1v) is 8.64. The van der Waals surface area contributed by atoms with Crippen molar-refractivity contribution in [3.63, 3.8) is 0 Å². The van der Waals surface area contributed by atoms with Gasteiger partial charge in [-0.3, -0.25) is 9.59 Å². The van der Waals surface area contributed by atoms with Crippen LogP contribution in [0, 0.1) is 0 Å². The average molecular weight is 376 g/mol. The number of rotatable bonds is 6. The van der Waals surface area contributed by atoms with Gasteiger partial charge >= 0.3 is 0 Å². The lowest BCUT2D eigenvalue weighted by Crippen LogP contribution is -2.32. The van der Waals surface area contributed by atoms with Crippen LogP contribution in [0.15, 0.2) is 52.3 Å². The third-order valence-corrected chi connectivity index (χ3v) is 4.64. The molecule has 0 saturated carbocycles. The number of carbonyl (C=O) groups is 2. The topological polar surface area (TPSA) is 91.0 Å². The molecule has 2 heterocycles. The van der Waals surface area contributed by atoms with Crippen LogP contribution < -0.4 is 0 Å². The van der Waals surface area contributed by atoms with E-state index in [2.05, 4.69) is 0 Å². The van der Waals surface area contributed by atoms with Gasteiger partial charge in [0.2, 0.25) is 5.78 Å². The third kappa shape index (κ3) is 3.08. The number of aromatic hydroxyl groups is 1. The van der Waals surface area contributed by atoms with Gasteiger partial charge in [0, 0.05) is 6.54 Å². The number of amides is 1. The first-order chi connectivity index (χ1) is 12.5. The van der Waals surface area contributed by atoms with E-state index in [-0.39, 0.29) is 22.1 Å². The van der Waals surface area contributed by atoms with Crippen LogP contribution in [0.1, 0.15) is 41.9 Å². The highest BCUT2D eigenvalue weighted by Gasteiger charge is 2.44. The number of Topliss-reactive ketones (excluding diaryl/α,β-unsaturated/α-hetero) is 1. The summed E-state index contributed by atoms with van der Waals surface area (Å²) in [6.07, 6.45) is 2.90. The molecule has 3 rings (SSSR count). The zero-order chi connectivity index (χ0) is 18.8. The number of carbonyl (C=O) groups excluding carboxylic acids is 2. The molecule has 1 aromatic carbocycles. The van der Waals surface area contributed by atoms with Crippen molar-refractivity contribution in [2.45, 2.75) is 25.8 Å².